The molecule has 0 amide bonds. The first kappa shape index (κ1) is 24.1. The Bertz CT molecular complexity index is 1240. The first-order chi connectivity index (χ1) is 16.8. The summed E-state index contributed by atoms with van der Waals surface area (Å²) in [6.07, 6.45) is -2.71. The maximum Gasteiger partial charge on any atom is 0.331 e. The van der Waals surface area contributed by atoms with Gasteiger partial charge in [0.2, 0.25) is 8.07 Å². The van der Waals surface area contributed by atoms with Crippen LogP contribution in [0, 0.1) is 10.1 Å². The number of nitro benzene ring substituents is 1. The second kappa shape index (κ2) is 9.69. The van der Waals surface area contributed by atoms with Gasteiger partial charge in [0.1, 0.15) is 0 Å². The molecule has 0 aliphatic rings. The van der Waals surface area contributed by atoms with Gasteiger partial charge >= 0.3 is 5.92 Å². The van der Waals surface area contributed by atoms with Crippen LogP contribution in [0.15, 0.2) is 115 Å². The van der Waals surface area contributed by atoms with Gasteiger partial charge in [0.05, 0.1) is 10.5 Å². The van der Waals surface area contributed by atoms with E-state index in [0.717, 1.165) is 12.1 Å². The number of nitro groups is 1. The molecule has 0 heterocycles. The molecule has 1 atom stereocenters. The first-order valence-corrected chi connectivity index (χ1v) is 12.8. The van der Waals surface area contributed by atoms with E-state index in [1.54, 1.807) is 91.0 Å². The van der Waals surface area contributed by atoms with Gasteiger partial charge in [-0.25, -0.2) is 0 Å². The normalized spacial score (nSPS) is 12.7. The maximum atomic E-state index is 16.1. The van der Waals surface area contributed by atoms with Crippen molar-refractivity contribution in [1.29, 1.82) is 0 Å². The van der Waals surface area contributed by atoms with Gasteiger partial charge in [-0.3, -0.25) is 14.9 Å². The average molecular weight is 490 g/mol. The SMILES string of the molecule is O=C(C(F)(F)C(O)c1ccccc1[N+](=O)[O-])[Si](c1ccccc1)(c1ccccc1)c1ccccc1. The van der Waals surface area contributed by atoms with E-state index in [4.69, 9.17) is 0 Å². The highest BCUT2D eigenvalue weighted by molar-refractivity contribution is 7.30. The predicted octanol–water partition coefficient (Wildman–Crippen LogP) is 3.54. The lowest BCUT2D eigenvalue weighted by molar-refractivity contribution is -0.386. The zero-order chi connectivity index (χ0) is 25.1. The number of rotatable bonds is 8. The summed E-state index contributed by atoms with van der Waals surface area (Å²) >= 11 is 0. The molecule has 35 heavy (non-hydrogen) atoms. The number of carbonyl (C=O) groups excluding carboxylic acids is 1. The molecular weight excluding hydrogens is 468 g/mol. The molecule has 4 aromatic carbocycles. The largest absolute Gasteiger partial charge is 0.381 e. The number of halogens is 2. The summed E-state index contributed by atoms with van der Waals surface area (Å²) in [4.78, 5) is 24.8. The van der Waals surface area contributed by atoms with Crippen LogP contribution in [0.3, 0.4) is 0 Å². The summed E-state index contributed by atoms with van der Waals surface area (Å²) in [6.45, 7) is 0. The van der Waals surface area contributed by atoms with Gasteiger partial charge in [0.15, 0.2) is 11.5 Å². The Kier molecular flexibility index (Phi) is 6.68. The van der Waals surface area contributed by atoms with Crippen LogP contribution in [0.25, 0.3) is 0 Å². The van der Waals surface area contributed by atoms with Gasteiger partial charge in [0, 0.05) is 6.07 Å². The number of hydrogen-bond acceptors (Lipinski definition) is 4. The molecule has 8 heteroatoms. The lowest BCUT2D eigenvalue weighted by atomic mass is 10.0. The number of aliphatic hydroxyl groups is 1. The minimum Gasteiger partial charge on any atom is -0.381 e. The third-order valence-corrected chi connectivity index (χ3v) is 10.6. The van der Waals surface area contributed by atoms with Crippen LogP contribution < -0.4 is 15.6 Å². The van der Waals surface area contributed by atoms with E-state index < -0.39 is 41.7 Å². The number of aliphatic hydroxyl groups excluding tert-OH is 1. The predicted molar refractivity (Wildman–Crippen MR) is 132 cm³/mol. The zero-order valence-electron chi connectivity index (χ0n) is 18.4. The van der Waals surface area contributed by atoms with Crippen LogP contribution in [-0.4, -0.2) is 29.4 Å². The van der Waals surface area contributed by atoms with E-state index in [2.05, 4.69) is 0 Å². The maximum absolute atomic E-state index is 16.1. The Labute approximate surface area is 201 Å². The number of para-hydroxylation sites is 1. The van der Waals surface area contributed by atoms with E-state index >= 15 is 8.78 Å². The summed E-state index contributed by atoms with van der Waals surface area (Å²) in [5, 5.41) is 22.0. The second-order valence-corrected chi connectivity index (χ2v) is 11.7. The van der Waals surface area contributed by atoms with Crippen molar-refractivity contribution in [2.24, 2.45) is 0 Å². The molecule has 4 rings (SSSR count). The summed E-state index contributed by atoms with van der Waals surface area (Å²) in [6, 6.07) is 29.7. The van der Waals surface area contributed by atoms with Gasteiger partial charge in [0.25, 0.3) is 5.69 Å². The number of nitrogens with zero attached hydrogens (tertiary/aromatic N) is 1. The molecule has 1 unspecified atom stereocenters. The molecule has 0 aliphatic heterocycles. The highest BCUT2D eigenvalue weighted by Gasteiger charge is 2.60. The summed E-state index contributed by atoms with van der Waals surface area (Å²) < 4.78 is 32.2. The number of benzene rings is 4. The van der Waals surface area contributed by atoms with Gasteiger partial charge in [-0.15, -0.1) is 0 Å². The van der Waals surface area contributed by atoms with Gasteiger partial charge in [-0.05, 0) is 21.6 Å². The average Bonchev–Trinajstić information content (AvgIpc) is 2.90. The van der Waals surface area contributed by atoms with E-state index in [-0.39, 0.29) is 0 Å². The zero-order valence-corrected chi connectivity index (χ0v) is 19.4. The standard InChI is InChI=1S/C27H21F2NO4Si/c28-27(29,25(31)23-18-10-11-19-24(23)30(33)34)26(32)35(20-12-4-1-5-13-20,21-14-6-2-7-15-21)22-16-8-3-9-17-22/h1-19,25,31H. The van der Waals surface area contributed by atoms with Crippen molar-refractivity contribution in [1.82, 2.24) is 0 Å². The Morgan fingerprint density at radius 3 is 1.51 bits per heavy atom. The van der Waals surface area contributed by atoms with Crippen molar-refractivity contribution in [3.63, 3.8) is 0 Å². The van der Waals surface area contributed by atoms with Crippen molar-refractivity contribution in [2.45, 2.75) is 12.0 Å². The molecular formula is C27H21F2NO4Si. The topological polar surface area (TPSA) is 80.4 Å². The first-order valence-electron chi connectivity index (χ1n) is 10.8. The third-order valence-electron chi connectivity index (χ3n) is 6.04. The molecule has 5 nitrogen and oxygen atoms in total. The fourth-order valence-corrected chi connectivity index (χ4v) is 8.91. The third kappa shape index (κ3) is 4.18. The van der Waals surface area contributed by atoms with Crippen LogP contribution in [0.2, 0.25) is 0 Å². The molecule has 1 N–H and O–H groups in total. The van der Waals surface area contributed by atoms with Gasteiger partial charge < -0.3 is 5.11 Å². The second-order valence-electron chi connectivity index (χ2n) is 8.02. The van der Waals surface area contributed by atoms with Crippen LogP contribution >= 0.6 is 0 Å². The number of hydrogen-bond donors (Lipinski definition) is 1. The molecule has 0 spiro atoms. The summed E-state index contributed by atoms with van der Waals surface area (Å²) in [5.74, 6) is -4.33. The molecule has 0 aromatic heterocycles. The molecule has 176 valence electrons. The summed E-state index contributed by atoms with van der Waals surface area (Å²) in [7, 11) is -4.12. The lowest BCUT2D eigenvalue weighted by Crippen LogP contribution is -2.76. The lowest BCUT2D eigenvalue weighted by Gasteiger charge is -2.36. The van der Waals surface area contributed by atoms with Crippen LogP contribution in [0.4, 0.5) is 14.5 Å². The van der Waals surface area contributed by atoms with Crippen molar-refractivity contribution in [3.8, 4) is 0 Å². The monoisotopic (exact) mass is 489 g/mol. The fourth-order valence-electron chi connectivity index (χ4n) is 4.41. The van der Waals surface area contributed by atoms with Crippen LogP contribution in [-0.2, 0) is 4.79 Å². The quantitative estimate of drug-likeness (QED) is 0.178. The van der Waals surface area contributed by atoms with Gasteiger partial charge in [-0.1, -0.05) is 103 Å². The van der Waals surface area contributed by atoms with E-state index in [0.29, 0.717) is 15.6 Å². The fraction of sp³-hybridized carbons (Fsp3) is 0.0741. The van der Waals surface area contributed by atoms with E-state index in [9.17, 15) is 20.0 Å². The van der Waals surface area contributed by atoms with Crippen molar-refractivity contribution < 1.29 is 23.6 Å². The highest BCUT2D eigenvalue weighted by Crippen LogP contribution is 2.38. The Morgan fingerprint density at radius 1 is 0.743 bits per heavy atom. The molecule has 4 aromatic rings. The van der Waals surface area contributed by atoms with Crippen molar-refractivity contribution in [2.75, 3.05) is 0 Å². The number of carbonyl (C=O) groups is 1. The molecule has 0 bridgehead atoms. The van der Waals surface area contributed by atoms with E-state index in [1.807, 2.05) is 0 Å². The van der Waals surface area contributed by atoms with Crippen molar-refractivity contribution in [3.05, 3.63) is 131 Å². The Hall–Kier alpha value is -4.01. The Balaban J connectivity index is 2.00. The minimum absolute atomic E-state index is 0.414. The van der Waals surface area contributed by atoms with E-state index in [1.165, 1.54) is 12.1 Å². The minimum atomic E-state index is -4.33. The summed E-state index contributed by atoms with van der Waals surface area (Å²) in [5.41, 5.74) is -1.30. The molecule has 0 aliphatic carbocycles. The molecule has 0 radical (unpaired) electrons. The Morgan fingerprint density at radius 2 is 1.11 bits per heavy atom. The van der Waals surface area contributed by atoms with Crippen LogP contribution in [0.1, 0.15) is 11.7 Å². The smallest absolute Gasteiger partial charge is 0.331 e. The highest BCUT2D eigenvalue weighted by atomic mass is 28.3. The number of alkyl halides is 2. The molecule has 0 saturated heterocycles. The van der Waals surface area contributed by atoms with Gasteiger partial charge in [-0.2, -0.15) is 8.78 Å². The molecule has 0 fully saturated rings. The van der Waals surface area contributed by atoms with Crippen molar-refractivity contribution >= 4 is 34.7 Å². The molecule has 0 saturated carbocycles. The van der Waals surface area contributed by atoms with Crippen LogP contribution in [0.5, 0.6) is 0 Å².